The smallest absolute Gasteiger partial charge is 0.261 e. The molecule has 3 aromatic rings. The molecule has 1 fully saturated rings. The Balaban J connectivity index is 1.30. The fraction of sp³-hybridized carbons (Fsp3) is 0.269. The van der Waals surface area contributed by atoms with Crippen LogP contribution < -0.4 is 14.2 Å². The predicted octanol–water partition coefficient (Wildman–Crippen LogP) is 4.87. The van der Waals surface area contributed by atoms with Crippen LogP contribution in [0.2, 0.25) is 0 Å². The molecule has 2 aliphatic rings. The van der Waals surface area contributed by atoms with E-state index in [1.165, 1.54) is 0 Å². The number of fused-ring (bicyclic) bond motifs is 1. The Labute approximate surface area is 182 Å². The minimum atomic E-state index is 0.000235. The number of amides is 1. The van der Waals surface area contributed by atoms with Crippen LogP contribution in [0.3, 0.4) is 0 Å². The minimum Gasteiger partial charge on any atom is -0.486 e. The van der Waals surface area contributed by atoms with Crippen molar-refractivity contribution in [3.05, 3.63) is 78.4 Å². The monoisotopic (exact) mass is 415 g/mol. The summed E-state index contributed by atoms with van der Waals surface area (Å²) in [5, 5.41) is 0. The van der Waals surface area contributed by atoms with Gasteiger partial charge in [0.15, 0.2) is 18.1 Å². The lowest BCUT2D eigenvalue weighted by molar-refractivity contribution is -0.134. The Morgan fingerprint density at radius 1 is 0.935 bits per heavy atom. The summed E-state index contributed by atoms with van der Waals surface area (Å²) in [7, 11) is 0. The number of benzene rings is 3. The van der Waals surface area contributed by atoms with Gasteiger partial charge in [-0.3, -0.25) is 4.79 Å². The Hall–Kier alpha value is -3.47. The maximum Gasteiger partial charge on any atom is 0.261 e. The molecule has 0 aromatic heterocycles. The van der Waals surface area contributed by atoms with E-state index in [-0.39, 0.29) is 18.6 Å². The van der Waals surface area contributed by atoms with Crippen molar-refractivity contribution in [1.82, 2.24) is 4.90 Å². The Morgan fingerprint density at radius 2 is 1.71 bits per heavy atom. The molecule has 0 spiro atoms. The van der Waals surface area contributed by atoms with E-state index in [0.29, 0.717) is 13.2 Å². The minimum absolute atomic E-state index is 0.000235. The van der Waals surface area contributed by atoms with E-state index in [1.54, 1.807) is 0 Å². The van der Waals surface area contributed by atoms with Gasteiger partial charge in [0, 0.05) is 12.1 Å². The molecule has 0 radical (unpaired) electrons. The molecule has 5 nitrogen and oxygen atoms in total. The molecule has 31 heavy (non-hydrogen) atoms. The average molecular weight is 415 g/mol. The number of likely N-dealkylation sites (tertiary alicyclic amines) is 1. The van der Waals surface area contributed by atoms with Gasteiger partial charge in [-0.15, -0.1) is 0 Å². The highest BCUT2D eigenvalue weighted by molar-refractivity contribution is 5.79. The van der Waals surface area contributed by atoms with Gasteiger partial charge in [-0.25, -0.2) is 0 Å². The SMILES string of the molecule is O=C(COc1ccccc1-c1ccccc1)N1CCC[C@@H]1c1ccc2c(c1)OCCO2. The van der Waals surface area contributed by atoms with E-state index >= 15 is 0 Å². The van der Waals surface area contributed by atoms with Crippen molar-refractivity contribution in [1.29, 1.82) is 0 Å². The molecule has 5 heteroatoms. The number of carbonyl (C=O) groups is 1. The van der Waals surface area contributed by atoms with Gasteiger partial charge in [0.1, 0.15) is 19.0 Å². The Morgan fingerprint density at radius 3 is 2.58 bits per heavy atom. The summed E-state index contributed by atoms with van der Waals surface area (Å²) < 4.78 is 17.4. The van der Waals surface area contributed by atoms with E-state index < -0.39 is 0 Å². The molecule has 0 saturated carbocycles. The Bertz CT molecular complexity index is 1070. The number of nitrogens with zero attached hydrogens (tertiary/aromatic N) is 1. The van der Waals surface area contributed by atoms with Crippen LogP contribution in [-0.2, 0) is 4.79 Å². The zero-order valence-corrected chi connectivity index (χ0v) is 17.3. The summed E-state index contributed by atoms with van der Waals surface area (Å²) >= 11 is 0. The summed E-state index contributed by atoms with van der Waals surface area (Å²) in [6, 6.07) is 23.9. The zero-order valence-electron chi connectivity index (χ0n) is 17.3. The van der Waals surface area contributed by atoms with Crippen LogP contribution >= 0.6 is 0 Å². The van der Waals surface area contributed by atoms with Crippen LogP contribution in [0.1, 0.15) is 24.4 Å². The molecule has 0 bridgehead atoms. The maximum atomic E-state index is 13.1. The average Bonchev–Trinajstić information content (AvgIpc) is 3.33. The third-order valence-electron chi connectivity index (χ3n) is 5.85. The van der Waals surface area contributed by atoms with E-state index in [0.717, 1.165) is 53.3 Å². The van der Waals surface area contributed by atoms with Gasteiger partial charge >= 0.3 is 0 Å². The van der Waals surface area contributed by atoms with Gasteiger partial charge in [-0.05, 0) is 42.2 Å². The molecule has 1 amide bonds. The molecule has 1 atom stereocenters. The van der Waals surface area contributed by atoms with Crippen molar-refractivity contribution in [2.24, 2.45) is 0 Å². The normalized spacial score (nSPS) is 17.4. The second-order valence-electron chi connectivity index (χ2n) is 7.80. The first kappa shape index (κ1) is 19.5. The largest absolute Gasteiger partial charge is 0.486 e. The van der Waals surface area contributed by atoms with Crippen molar-refractivity contribution in [3.8, 4) is 28.4 Å². The summed E-state index contributed by atoms with van der Waals surface area (Å²) in [6.45, 7) is 1.88. The summed E-state index contributed by atoms with van der Waals surface area (Å²) in [6.07, 6.45) is 1.91. The molecule has 5 rings (SSSR count). The summed E-state index contributed by atoms with van der Waals surface area (Å²) in [5.74, 6) is 2.25. The zero-order chi connectivity index (χ0) is 21.0. The lowest BCUT2D eigenvalue weighted by Gasteiger charge is -2.27. The van der Waals surface area contributed by atoms with Crippen LogP contribution in [0.15, 0.2) is 72.8 Å². The van der Waals surface area contributed by atoms with Crippen LogP contribution in [0, 0.1) is 0 Å². The third kappa shape index (κ3) is 4.08. The quantitative estimate of drug-likeness (QED) is 0.597. The van der Waals surface area contributed by atoms with Crippen LogP contribution in [0.4, 0.5) is 0 Å². The lowest BCUT2D eigenvalue weighted by Crippen LogP contribution is -2.34. The number of carbonyl (C=O) groups excluding carboxylic acids is 1. The molecule has 2 heterocycles. The molecular weight excluding hydrogens is 390 g/mol. The van der Waals surface area contributed by atoms with Crippen molar-refractivity contribution >= 4 is 5.91 Å². The molecule has 0 unspecified atom stereocenters. The Kier molecular flexibility index (Phi) is 5.48. The number of hydrogen-bond donors (Lipinski definition) is 0. The van der Waals surface area contributed by atoms with Crippen LogP contribution in [0.25, 0.3) is 11.1 Å². The fourth-order valence-corrected chi connectivity index (χ4v) is 4.35. The van der Waals surface area contributed by atoms with Crippen molar-refractivity contribution < 1.29 is 19.0 Å². The van der Waals surface area contributed by atoms with Crippen LogP contribution in [0.5, 0.6) is 17.2 Å². The highest BCUT2D eigenvalue weighted by Crippen LogP contribution is 2.38. The molecular formula is C26H25NO4. The number of para-hydroxylation sites is 1. The van der Waals surface area contributed by atoms with Crippen molar-refractivity contribution in [3.63, 3.8) is 0 Å². The highest BCUT2D eigenvalue weighted by atomic mass is 16.6. The first-order valence-electron chi connectivity index (χ1n) is 10.8. The van der Waals surface area contributed by atoms with Crippen molar-refractivity contribution in [2.45, 2.75) is 18.9 Å². The molecule has 0 N–H and O–H groups in total. The molecule has 1 saturated heterocycles. The predicted molar refractivity (Wildman–Crippen MR) is 118 cm³/mol. The van der Waals surface area contributed by atoms with E-state index in [2.05, 4.69) is 0 Å². The van der Waals surface area contributed by atoms with Gasteiger partial charge < -0.3 is 19.1 Å². The standard InChI is InChI=1S/C26H25NO4/c28-26(18-31-23-11-5-4-9-21(23)19-7-2-1-3-8-19)27-14-6-10-22(27)20-12-13-24-25(17-20)30-16-15-29-24/h1-5,7-9,11-13,17,22H,6,10,14-16,18H2/t22-/m1/s1. The molecule has 2 aliphatic heterocycles. The number of hydrogen-bond acceptors (Lipinski definition) is 4. The first-order chi connectivity index (χ1) is 15.3. The van der Waals surface area contributed by atoms with Gasteiger partial charge in [0.05, 0.1) is 6.04 Å². The third-order valence-corrected chi connectivity index (χ3v) is 5.85. The molecule has 3 aromatic carbocycles. The number of rotatable bonds is 5. The molecule has 0 aliphatic carbocycles. The topological polar surface area (TPSA) is 48.0 Å². The van der Waals surface area contributed by atoms with Crippen LogP contribution in [-0.4, -0.2) is 37.2 Å². The first-order valence-corrected chi connectivity index (χ1v) is 10.8. The fourth-order valence-electron chi connectivity index (χ4n) is 4.35. The summed E-state index contributed by atoms with van der Waals surface area (Å²) in [5.41, 5.74) is 3.14. The molecule has 158 valence electrons. The lowest BCUT2D eigenvalue weighted by atomic mass is 10.0. The van der Waals surface area contributed by atoms with E-state index in [9.17, 15) is 4.79 Å². The van der Waals surface area contributed by atoms with E-state index in [4.69, 9.17) is 14.2 Å². The highest BCUT2D eigenvalue weighted by Gasteiger charge is 2.31. The van der Waals surface area contributed by atoms with Gasteiger partial charge in [0.2, 0.25) is 0 Å². The van der Waals surface area contributed by atoms with Gasteiger partial charge in [-0.1, -0.05) is 54.6 Å². The maximum absolute atomic E-state index is 13.1. The second kappa shape index (κ2) is 8.72. The van der Waals surface area contributed by atoms with Gasteiger partial charge in [0.25, 0.3) is 5.91 Å². The van der Waals surface area contributed by atoms with Gasteiger partial charge in [-0.2, -0.15) is 0 Å². The van der Waals surface area contributed by atoms with E-state index in [1.807, 2.05) is 77.7 Å². The number of ether oxygens (including phenoxy) is 3. The van der Waals surface area contributed by atoms with Crippen molar-refractivity contribution in [2.75, 3.05) is 26.4 Å². The summed E-state index contributed by atoms with van der Waals surface area (Å²) in [4.78, 5) is 15.0. The second-order valence-corrected chi connectivity index (χ2v) is 7.80.